The number of carbonyl (C=O) groups is 1. The van der Waals surface area contributed by atoms with Gasteiger partial charge in [-0.05, 0) is 61.3 Å². The molecule has 1 aromatic carbocycles. The molecule has 2 unspecified atom stereocenters. The van der Waals surface area contributed by atoms with Gasteiger partial charge >= 0.3 is 0 Å². The average Bonchev–Trinajstić information content (AvgIpc) is 2.69. The molecule has 1 heterocycles. The Morgan fingerprint density at radius 2 is 1.67 bits per heavy atom. The summed E-state index contributed by atoms with van der Waals surface area (Å²) in [4.78, 5) is 19.4. The number of nitrogens with zero attached hydrogens (tertiary/aromatic N) is 2. The molecule has 1 amide bonds. The van der Waals surface area contributed by atoms with Crippen LogP contribution in [0.1, 0.15) is 42.5 Å². The highest BCUT2D eigenvalue weighted by atomic mass is 35.5. The number of amides is 1. The van der Waals surface area contributed by atoms with Crippen LogP contribution in [0.3, 0.4) is 0 Å². The van der Waals surface area contributed by atoms with Crippen LogP contribution in [0.25, 0.3) is 11.1 Å². The number of fused-ring (bicyclic) bond motifs is 2. The molecule has 2 aliphatic carbocycles. The summed E-state index contributed by atoms with van der Waals surface area (Å²) in [5, 5.41) is 3.32. The van der Waals surface area contributed by atoms with Crippen molar-refractivity contribution in [3.8, 4) is 11.1 Å². The summed E-state index contributed by atoms with van der Waals surface area (Å²) in [7, 11) is 4.05. The number of halogens is 2. The molecule has 164 valence electrons. The van der Waals surface area contributed by atoms with Gasteiger partial charge in [-0.2, -0.15) is 0 Å². The van der Waals surface area contributed by atoms with Crippen LogP contribution in [0.4, 0.5) is 5.69 Å². The fourth-order valence-corrected chi connectivity index (χ4v) is 4.93. The summed E-state index contributed by atoms with van der Waals surface area (Å²) in [6, 6.07) is 10.8. The number of nitrogens with two attached hydrogens (primary N) is 1. The maximum atomic E-state index is 13.0. The van der Waals surface area contributed by atoms with Crippen molar-refractivity contribution in [2.24, 2.45) is 17.6 Å². The van der Waals surface area contributed by atoms with Crippen LogP contribution >= 0.6 is 24.8 Å². The Kier molecular flexibility index (Phi) is 8.53. The van der Waals surface area contributed by atoms with E-state index in [-0.39, 0.29) is 36.8 Å². The first-order valence-electron chi connectivity index (χ1n) is 10.3. The first-order valence-corrected chi connectivity index (χ1v) is 10.3. The van der Waals surface area contributed by atoms with E-state index in [2.05, 4.69) is 39.5 Å². The summed E-state index contributed by atoms with van der Waals surface area (Å²) < 4.78 is 0. The minimum atomic E-state index is -0.0170. The molecule has 0 saturated heterocycles. The summed E-state index contributed by atoms with van der Waals surface area (Å²) in [6.07, 6.45) is 9.13. The highest BCUT2D eigenvalue weighted by Crippen LogP contribution is 2.39. The van der Waals surface area contributed by atoms with Crippen molar-refractivity contribution in [1.82, 2.24) is 10.3 Å². The Morgan fingerprint density at radius 1 is 1.03 bits per heavy atom. The van der Waals surface area contributed by atoms with Crippen molar-refractivity contribution >= 4 is 36.4 Å². The summed E-state index contributed by atoms with van der Waals surface area (Å²) in [6.45, 7) is 0. The third-order valence-electron chi connectivity index (χ3n) is 6.39. The molecule has 3 N–H and O–H groups in total. The number of benzene rings is 1. The minimum Gasteiger partial charge on any atom is -0.378 e. The predicted octanol–water partition coefficient (Wildman–Crippen LogP) is 4.29. The van der Waals surface area contributed by atoms with E-state index in [0.29, 0.717) is 23.4 Å². The van der Waals surface area contributed by atoms with Gasteiger partial charge in [-0.3, -0.25) is 9.78 Å². The van der Waals surface area contributed by atoms with E-state index in [1.165, 1.54) is 19.3 Å². The molecule has 2 aromatic rings. The normalized spacial score (nSPS) is 24.8. The number of hydrogen-bond acceptors (Lipinski definition) is 4. The summed E-state index contributed by atoms with van der Waals surface area (Å²) in [5.74, 6) is 1.01. The SMILES string of the molecule is CN(C)c1ccc(-c2cncc(C(=O)NC3C4CCCC3CC(N)C4)c2)cc1.Cl.Cl. The Bertz CT molecular complexity index is 829. The first kappa shape index (κ1) is 24.4. The Hall–Kier alpha value is -1.82. The average molecular weight is 451 g/mol. The largest absolute Gasteiger partial charge is 0.378 e. The highest BCUT2D eigenvalue weighted by molar-refractivity contribution is 5.95. The van der Waals surface area contributed by atoms with Gasteiger partial charge in [-0.15, -0.1) is 24.8 Å². The van der Waals surface area contributed by atoms with Crippen molar-refractivity contribution in [1.29, 1.82) is 0 Å². The molecule has 4 rings (SSSR count). The molecule has 2 fully saturated rings. The lowest BCUT2D eigenvalue weighted by Gasteiger charge is -2.45. The van der Waals surface area contributed by atoms with Crippen LogP contribution in [-0.4, -0.2) is 37.1 Å². The molecule has 0 spiro atoms. The van der Waals surface area contributed by atoms with Gasteiger partial charge in [0.2, 0.25) is 0 Å². The summed E-state index contributed by atoms with van der Waals surface area (Å²) >= 11 is 0. The molecule has 2 atom stereocenters. The third-order valence-corrected chi connectivity index (χ3v) is 6.39. The van der Waals surface area contributed by atoms with E-state index < -0.39 is 0 Å². The lowest BCUT2D eigenvalue weighted by Crippen LogP contribution is -2.53. The predicted molar refractivity (Wildman–Crippen MR) is 128 cm³/mol. The zero-order chi connectivity index (χ0) is 19.7. The van der Waals surface area contributed by atoms with Crippen molar-refractivity contribution in [3.63, 3.8) is 0 Å². The fourth-order valence-electron chi connectivity index (χ4n) is 4.93. The minimum absolute atomic E-state index is 0. The molecule has 2 bridgehead atoms. The van der Waals surface area contributed by atoms with E-state index in [4.69, 9.17) is 5.73 Å². The van der Waals surface area contributed by atoms with Gasteiger partial charge in [-0.25, -0.2) is 0 Å². The lowest BCUT2D eigenvalue weighted by molar-refractivity contribution is 0.0755. The van der Waals surface area contributed by atoms with E-state index in [9.17, 15) is 4.79 Å². The number of aromatic nitrogens is 1. The second-order valence-electron chi connectivity index (χ2n) is 8.59. The number of hydrogen-bond donors (Lipinski definition) is 2. The Labute approximate surface area is 191 Å². The van der Waals surface area contributed by atoms with E-state index in [0.717, 1.165) is 29.7 Å². The topological polar surface area (TPSA) is 71.2 Å². The third kappa shape index (κ3) is 5.26. The zero-order valence-electron chi connectivity index (χ0n) is 17.6. The van der Waals surface area contributed by atoms with Gasteiger partial charge in [0.05, 0.1) is 5.56 Å². The number of nitrogens with one attached hydrogen (secondary N) is 1. The second kappa shape index (κ2) is 10.5. The smallest absolute Gasteiger partial charge is 0.253 e. The van der Waals surface area contributed by atoms with E-state index in [1.807, 2.05) is 26.4 Å². The van der Waals surface area contributed by atoms with E-state index >= 15 is 0 Å². The molecular formula is C23H32Cl2N4O. The maximum absolute atomic E-state index is 13.0. The fraction of sp³-hybridized carbons (Fsp3) is 0.478. The molecule has 1 aromatic heterocycles. The highest BCUT2D eigenvalue weighted by Gasteiger charge is 2.40. The van der Waals surface area contributed by atoms with E-state index in [1.54, 1.807) is 6.20 Å². The van der Waals surface area contributed by atoms with Gasteiger partial charge in [0.1, 0.15) is 0 Å². The Balaban J connectivity index is 0.00000160. The first-order chi connectivity index (χ1) is 13.5. The van der Waals surface area contributed by atoms with Crippen LogP contribution in [0.2, 0.25) is 0 Å². The monoisotopic (exact) mass is 450 g/mol. The van der Waals surface area contributed by atoms with Gasteiger partial charge in [0.25, 0.3) is 5.91 Å². The van der Waals surface area contributed by atoms with Gasteiger partial charge < -0.3 is 16.0 Å². The molecule has 0 radical (unpaired) electrons. The molecule has 2 saturated carbocycles. The molecular weight excluding hydrogens is 419 g/mol. The summed E-state index contributed by atoms with van der Waals surface area (Å²) in [5.41, 5.74) is 10.0. The zero-order valence-corrected chi connectivity index (χ0v) is 19.2. The lowest BCUT2D eigenvalue weighted by atomic mass is 9.67. The van der Waals surface area contributed by atoms with Gasteiger partial charge in [-0.1, -0.05) is 18.6 Å². The van der Waals surface area contributed by atoms with Crippen molar-refractivity contribution in [2.45, 2.75) is 44.2 Å². The second-order valence-corrected chi connectivity index (χ2v) is 8.59. The van der Waals surface area contributed by atoms with Crippen LogP contribution in [0, 0.1) is 11.8 Å². The molecule has 5 nitrogen and oxygen atoms in total. The molecule has 30 heavy (non-hydrogen) atoms. The number of carbonyl (C=O) groups excluding carboxylic acids is 1. The van der Waals surface area contributed by atoms with Crippen LogP contribution in [-0.2, 0) is 0 Å². The van der Waals surface area contributed by atoms with Crippen LogP contribution < -0.4 is 16.0 Å². The molecule has 0 aliphatic heterocycles. The number of anilines is 1. The van der Waals surface area contributed by atoms with Gasteiger partial charge in [0.15, 0.2) is 0 Å². The maximum Gasteiger partial charge on any atom is 0.253 e. The standard InChI is InChI=1S/C23H30N4O.2ClH/c1-27(2)21-8-6-15(7-9-21)18-10-19(14-25-13-18)23(28)26-22-16-4-3-5-17(22)12-20(24)11-16;;/h6-10,13-14,16-17,20,22H,3-5,11-12,24H2,1-2H3,(H,26,28);2*1H. The Morgan fingerprint density at radius 3 is 2.27 bits per heavy atom. The van der Waals surface area contributed by atoms with Crippen molar-refractivity contribution in [2.75, 3.05) is 19.0 Å². The van der Waals surface area contributed by atoms with Crippen LogP contribution in [0.5, 0.6) is 0 Å². The molecule has 7 heteroatoms. The van der Waals surface area contributed by atoms with Crippen molar-refractivity contribution in [3.05, 3.63) is 48.3 Å². The molecule has 2 aliphatic rings. The van der Waals surface area contributed by atoms with Crippen LogP contribution in [0.15, 0.2) is 42.7 Å². The van der Waals surface area contributed by atoms with Crippen molar-refractivity contribution < 1.29 is 4.79 Å². The van der Waals surface area contributed by atoms with Gasteiger partial charge in [0, 0.05) is 49.8 Å². The quantitative estimate of drug-likeness (QED) is 0.728. The number of rotatable bonds is 4. The number of pyridine rings is 1.